The fourth-order valence-corrected chi connectivity index (χ4v) is 6.30. The van der Waals surface area contributed by atoms with Crippen molar-refractivity contribution in [3.8, 4) is 0 Å². The van der Waals surface area contributed by atoms with Crippen molar-refractivity contribution >= 4 is 0 Å². The van der Waals surface area contributed by atoms with Crippen LogP contribution in [-0.2, 0) is 17.6 Å². The minimum atomic E-state index is 0.279. The molecule has 3 N–H and O–H groups in total. The van der Waals surface area contributed by atoms with Gasteiger partial charge in [-0.15, -0.1) is 0 Å². The largest absolute Gasteiger partial charge is 0.396 e. The number of unbranched alkanes of at least 4 members (excludes halogenated alkanes) is 1. The van der Waals surface area contributed by atoms with Gasteiger partial charge in [0.2, 0.25) is 0 Å². The predicted molar refractivity (Wildman–Crippen MR) is 126 cm³/mol. The van der Waals surface area contributed by atoms with E-state index in [1.165, 1.54) is 42.4 Å². The summed E-state index contributed by atoms with van der Waals surface area (Å²) >= 11 is 0. The lowest BCUT2D eigenvalue weighted by Gasteiger charge is -2.45. The summed E-state index contributed by atoms with van der Waals surface area (Å²) < 4.78 is 6.51. The zero-order valence-electron chi connectivity index (χ0n) is 19.9. The lowest BCUT2D eigenvalue weighted by Crippen LogP contribution is -2.38. The van der Waals surface area contributed by atoms with Gasteiger partial charge < -0.3 is 15.6 Å². The van der Waals surface area contributed by atoms with Crippen molar-refractivity contribution in [2.45, 2.75) is 97.5 Å². The van der Waals surface area contributed by atoms with Crippen LogP contribution < -0.4 is 5.73 Å². The molecule has 3 nitrogen and oxygen atoms in total. The van der Waals surface area contributed by atoms with Crippen LogP contribution in [0, 0.1) is 16.7 Å². The summed E-state index contributed by atoms with van der Waals surface area (Å²) in [6, 6.07) is 7.05. The molecule has 0 radical (unpaired) electrons. The van der Waals surface area contributed by atoms with Crippen molar-refractivity contribution in [3.05, 3.63) is 34.9 Å². The zero-order valence-corrected chi connectivity index (χ0v) is 19.9. The molecule has 0 aromatic heterocycles. The molecule has 0 unspecified atom stereocenters. The highest BCUT2D eigenvalue weighted by atomic mass is 16.5. The molecule has 1 fully saturated rings. The number of aliphatic hydroxyl groups excluding tert-OH is 1. The first-order valence-corrected chi connectivity index (χ1v) is 12.3. The van der Waals surface area contributed by atoms with Gasteiger partial charge in [-0.2, -0.15) is 0 Å². The maximum absolute atomic E-state index is 9.04. The molecule has 0 aliphatic heterocycles. The number of aryl methyl sites for hydroxylation is 1. The lowest BCUT2D eigenvalue weighted by molar-refractivity contribution is -0.0604. The van der Waals surface area contributed by atoms with Gasteiger partial charge in [0.1, 0.15) is 0 Å². The Morgan fingerprint density at radius 1 is 1.10 bits per heavy atom. The second kappa shape index (κ2) is 10.1. The highest BCUT2D eigenvalue weighted by Crippen LogP contribution is 2.46. The van der Waals surface area contributed by atoms with Gasteiger partial charge in [0.05, 0.1) is 12.7 Å². The van der Waals surface area contributed by atoms with Gasteiger partial charge in [0, 0.05) is 6.61 Å². The molecule has 3 rings (SSSR count). The van der Waals surface area contributed by atoms with E-state index >= 15 is 0 Å². The molecular formula is C27H45NO2. The number of hydrogen-bond donors (Lipinski definition) is 2. The molecule has 1 saturated carbocycles. The first-order valence-electron chi connectivity index (χ1n) is 12.3. The van der Waals surface area contributed by atoms with Crippen LogP contribution in [0.4, 0.5) is 0 Å². The fraction of sp³-hybridized carbons (Fsp3) is 0.778. The number of nitrogens with two attached hydrogens (primary N) is 1. The highest BCUT2D eigenvalue weighted by molar-refractivity contribution is 5.36. The van der Waals surface area contributed by atoms with E-state index in [4.69, 9.17) is 15.6 Å². The normalized spacial score (nSPS) is 24.4. The van der Waals surface area contributed by atoms with Crippen LogP contribution in [0.1, 0.15) is 95.2 Å². The summed E-state index contributed by atoms with van der Waals surface area (Å²) in [5, 5.41) is 9.04. The molecule has 0 bridgehead atoms. The van der Waals surface area contributed by atoms with Crippen LogP contribution in [0.15, 0.2) is 18.2 Å². The molecule has 0 amide bonds. The van der Waals surface area contributed by atoms with Gasteiger partial charge in [0.25, 0.3) is 0 Å². The summed E-state index contributed by atoms with van der Waals surface area (Å²) in [5.74, 6) is 1.06. The Bertz CT molecular complexity index is 665. The molecule has 0 spiro atoms. The number of ether oxygens (including phenoxy) is 1. The van der Waals surface area contributed by atoms with Crippen molar-refractivity contribution in [3.63, 3.8) is 0 Å². The third-order valence-electron chi connectivity index (χ3n) is 7.36. The molecule has 30 heavy (non-hydrogen) atoms. The molecule has 2 atom stereocenters. The quantitative estimate of drug-likeness (QED) is 0.515. The van der Waals surface area contributed by atoms with Gasteiger partial charge >= 0.3 is 0 Å². The monoisotopic (exact) mass is 415 g/mol. The Kier molecular flexibility index (Phi) is 8.03. The summed E-state index contributed by atoms with van der Waals surface area (Å²) in [6.45, 7) is 11.5. The molecule has 2 aliphatic rings. The second-order valence-corrected chi connectivity index (χ2v) is 11.7. The van der Waals surface area contributed by atoms with Crippen molar-refractivity contribution in [1.82, 2.24) is 0 Å². The van der Waals surface area contributed by atoms with Crippen LogP contribution in [-0.4, -0.2) is 31.0 Å². The van der Waals surface area contributed by atoms with Gasteiger partial charge in [-0.3, -0.25) is 0 Å². The van der Waals surface area contributed by atoms with E-state index in [1.54, 1.807) is 0 Å². The van der Waals surface area contributed by atoms with Crippen molar-refractivity contribution in [2.75, 3.05) is 19.8 Å². The van der Waals surface area contributed by atoms with Crippen molar-refractivity contribution in [2.24, 2.45) is 22.5 Å². The zero-order chi connectivity index (χ0) is 21.8. The first-order chi connectivity index (χ1) is 14.2. The van der Waals surface area contributed by atoms with Crippen molar-refractivity contribution in [1.29, 1.82) is 0 Å². The van der Waals surface area contributed by atoms with Crippen LogP contribution in [0.2, 0.25) is 0 Å². The number of fused-ring (bicyclic) bond motifs is 1. The van der Waals surface area contributed by atoms with Crippen LogP contribution >= 0.6 is 0 Å². The molecular weight excluding hydrogens is 370 g/mol. The minimum Gasteiger partial charge on any atom is -0.396 e. The topological polar surface area (TPSA) is 55.5 Å². The van der Waals surface area contributed by atoms with Gasteiger partial charge in [-0.05, 0) is 97.3 Å². The fourth-order valence-electron chi connectivity index (χ4n) is 6.30. The predicted octanol–water partition coefficient (Wildman–Crippen LogP) is 5.62. The average Bonchev–Trinajstić information content (AvgIpc) is 2.67. The van der Waals surface area contributed by atoms with Crippen molar-refractivity contribution < 1.29 is 9.84 Å². The van der Waals surface area contributed by atoms with E-state index in [0.29, 0.717) is 35.3 Å². The standard InChI is InChI=1S/C27H45NO2/c1-26(2)15-25(16-27(3,4)19-26)30-18-20-8-9-22-14-23(11-10-21(22)13-20)24(17-28)7-5-6-12-29/h10-11,14,20,24-25,29H,5-9,12-13,15-19,28H2,1-4H3/t20-,24-/m0/s1. The summed E-state index contributed by atoms with van der Waals surface area (Å²) in [7, 11) is 0. The number of aliphatic hydroxyl groups is 1. The minimum absolute atomic E-state index is 0.279. The van der Waals surface area contributed by atoms with E-state index < -0.39 is 0 Å². The average molecular weight is 416 g/mol. The van der Waals surface area contributed by atoms with E-state index in [2.05, 4.69) is 45.9 Å². The smallest absolute Gasteiger partial charge is 0.0585 e. The summed E-state index contributed by atoms with van der Waals surface area (Å²) in [4.78, 5) is 0. The van der Waals surface area contributed by atoms with Crippen LogP contribution in [0.5, 0.6) is 0 Å². The van der Waals surface area contributed by atoms with Gasteiger partial charge in [-0.1, -0.05) is 52.3 Å². The highest BCUT2D eigenvalue weighted by Gasteiger charge is 2.39. The summed E-state index contributed by atoms with van der Waals surface area (Å²) in [6.07, 6.45) is 10.6. The Morgan fingerprint density at radius 3 is 2.50 bits per heavy atom. The van der Waals surface area contributed by atoms with Gasteiger partial charge in [0.15, 0.2) is 0 Å². The Hall–Kier alpha value is -0.900. The number of rotatable bonds is 9. The molecule has 1 aromatic carbocycles. The maximum atomic E-state index is 9.04. The van der Waals surface area contributed by atoms with E-state index in [9.17, 15) is 0 Å². The SMILES string of the molecule is CC1(C)CC(OC[C@H]2CCc3cc([C@H](CN)CCCCO)ccc3C2)CC(C)(C)C1. The van der Waals surface area contributed by atoms with E-state index in [1.807, 2.05) is 0 Å². The number of hydrogen-bond acceptors (Lipinski definition) is 3. The van der Waals surface area contributed by atoms with Crippen LogP contribution in [0.25, 0.3) is 0 Å². The Balaban J connectivity index is 1.54. The lowest BCUT2D eigenvalue weighted by atomic mass is 9.64. The third-order valence-corrected chi connectivity index (χ3v) is 7.36. The van der Waals surface area contributed by atoms with E-state index in [-0.39, 0.29) is 6.61 Å². The molecule has 1 aromatic rings. The molecule has 0 saturated heterocycles. The Morgan fingerprint density at radius 2 is 1.83 bits per heavy atom. The van der Waals surface area contributed by atoms with Gasteiger partial charge in [-0.25, -0.2) is 0 Å². The summed E-state index contributed by atoms with van der Waals surface area (Å²) in [5.41, 5.74) is 11.2. The molecule has 3 heteroatoms. The first kappa shape index (κ1) is 23.8. The maximum Gasteiger partial charge on any atom is 0.0585 e. The Labute approximate surface area is 184 Å². The van der Waals surface area contributed by atoms with E-state index in [0.717, 1.165) is 38.7 Å². The number of benzene rings is 1. The molecule has 2 aliphatic carbocycles. The molecule has 170 valence electrons. The molecule has 0 heterocycles. The second-order valence-electron chi connectivity index (χ2n) is 11.7. The van der Waals surface area contributed by atoms with Crippen LogP contribution in [0.3, 0.4) is 0 Å². The third kappa shape index (κ3) is 6.55.